The summed E-state index contributed by atoms with van der Waals surface area (Å²) in [5.41, 5.74) is 6.79. The number of nitriles is 1. The number of esters is 1. The van der Waals surface area contributed by atoms with Gasteiger partial charge in [-0.25, -0.2) is 0 Å². The average molecular weight is 239 g/mol. The Morgan fingerprint density at radius 3 is 2.88 bits per heavy atom. The van der Waals surface area contributed by atoms with Crippen LogP contribution in [0.25, 0.3) is 0 Å². The molecule has 1 aromatic carbocycles. The lowest BCUT2D eigenvalue weighted by Crippen LogP contribution is -2.33. The molecule has 0 fully saturated rings. The van der Waals surface area contributed by atoms with E-state index in [0.29, 0.717) is 10.6 Å². The highest BCUT2D eigenvalue weighted by Crippen LogP contribution is 2.19. The molecule has 0 spiro atoms. The van der Waals surface area contributed by atoms with Gasteiger partial charge in [-0.3, -0.25) is 4.79 Å². The van der Waals surface area contributed by atoms with Gasteiger partial charge in [0.05, 0.1) is 18.7 Å². The smallest absolute Gasteiger partial charge is 0.322 e. The van der Waals surface area contributed by atoms with E-state index in [-0.39, 0.29) is 6.42 Å². The summed E-state index contributed by atoms with van der Waals surface area (Å²) in [7, 11) is 1.28. The number of rotatable bonds is 3. The maximum atomic E-state index is 11.1. The minimum absolute atomic E-state index is 0.289. The van der Waals surface area contributed by atoms with Crippen LogP contribution in [-0.2, 0) is 16.0 Å². The van der Waals surface area contributed by atoms with Crippen molar-refractivity contribution in [2.75, 3.05) is 7.11 Å². The number of nitrogens with zero attached hydrogens (tertiary/aromatic N) is 1. The number of halogens is 1. The summed E-state index contributed by atoms with van der Waals surface area (Å²) in [4.78, 5) is 11.1. The Hall–Kier alpha value is -1.57. The van der Waals surface area contributed by atoms with Crippen LogP contribution in [0.5, 0.6) is 0 Å². The topological polar surface area (TPSA) is 76.1 Å². The van der Waals surface area contributed by atoms with E-state index in [0.717, 1.165) is 5.56 Å². The number of benzene rings is 1. The molecular weight excluding hydrogens is 228 g/mol. The average Bonchev–Trinajstić information content (AvgIpc) is 2.30. The molecular formula is C11H11ClN2O2. The molecule has 0 aliphatic heterocycles. The summed E-state index contributed by atoms with van der Waals surface area (Å²) >= 11 is 5.94. The third-order valence-electron chi connectivity index (χ3n) is 2.13. The Morgan fingerprint density at radius 2 is 2.38 bits per heavy atom. The standard InChI is InChI=1S/C11H11ClN2O2/c1-16-11(15)10(14)5-8-3-2-7(6-13)4-9(8)12/h2-4,10H,5,14H2,1H3/t10-/m1/s1. The summed E-state index contributed by atoms with van der Waals surface area (Å²) in [6.07, 6.45) is 0.289. The van der Waals surface area contributed by atoms with Crippen LogP contribution in [0.3, 0.4) is 0 Å². The highest BCUT2D eigenvalue weighted by molar-refractivity contribution is 6.31. The number of carbonyl (C=O) groups excluding carboxylic acids is 1. The molecule has 16 heavy (non-hydrogen) atoms. The van der Waals surface area contributed by atoms with Crippen LogP contribution in [0.4, 0.5) is 0 Å². The lowest BCUT2D eigenvalue weighted by Gasteiger charge is -2.10. The molecule has 0 aliphatic carbocycles. The predicted octanol–water partition coefficient (Wildman–Crippen LogP) is 1.25. The fourth-order valence-electron chi connectivity index (χ4n) is 1.25. The molecule has 4 nitrogen and oxygen atoms in total. The molecule has 0 radical (unpaired) electrons. The van der Waals surface area contributed by atoms with E-state index in [1.807, 2.05) is 6.07 Å². The van der Waals surface area contributed by atoms with Crippen molar-refractivity contribution < 1.29 is 9.53 Å². The maximum absolute atomic E-state index is 11.1. The third kappa shape index (κ3) is 2.96. The van der Waals surface area contributed by atoms with E-state index in [4.69, 9.17) is 22.6 Å². The minimum Gasteiger partial charge on any atom is -0.468 e. The van der Waals surface area contributed by atoms with Gasteiger partial charge in [-0.1, -0.05) is 17.7 Å². The van der Waals surface area contributed by atoms with E-state index in [1.54, 1.807) is 18.2 Å². The lowest BCUT2D eigenvalue weighted by atomic mass is 10.0. The van der Waals surface area contributed by atoms with Crippen LogP contribution in [-0.4, -0.2) is 19.1 Å². The molecule has 1 atom stereocenters. The van der Waals surface area contributed by atoms with E-state index >= 15 is 0 Å². The normalized spacial score (nSPS) is 11.6. The molecule has 0 aromatic heterocycles. The first-order valence-corrected chi connectivity index (χ1v) is 4.98. The van der Waals surface area contributed by atoms with Crippen molar-refractivity contribution in [3.63, 3.8) is 0 Å². The first-order chi connectivity index (χ1) is 7.58. The fraction of sp³-hybridized carbons (Fsp3) is 0.273. The number of hydrogen-bond acceptors (Lipinski definition) is 4. The molecule has 0 saturated carbocycles. The largest absolute Gasteiger partial charge is 0.468 e. The minimum atomic E-state index is -0.740. The Balaban J connectivity index is 2.83. The summed E-state index contributed by atoms with van der Waals surface area (Å²) in [6, 6.07) is 6.09. The second-order valence-corrected chi connectivity index (χ2v) is 3.66. The molecule has 0 unspecified atom stereocenters. The number of hydrogen-bond donors (Lipinski definition) is 1. The van der Waals surface area contributed by atoms with Gasteiger partial charge in [0, 0.05) is 5.02 Å². The van der Waals surface area contributed by atoms with E-state index in [1.165, 1.54) is 7.11 Å². The zero-order chi connectivity index (χ0) is 12.1. The molecule has 84 valence electrons. The van der Waals surface area contributed by atoms with Gasteiger partial charge in [0.15, 0.2) is 0 Å². The van der Waals surface area contributed by atoms with Crippen molar-refractivity contribution in [3.8, 4) is 6.07 Å². The van der Waals surface area contributed by atoms with Crippen LogP contribution in [0.1, 0.15) is 11.1 Å². The number of carbonyl (C=O) groups is 1. The second-order valence-electron chi connectivity index (χ2n) is 3.25. The number of ether oxygens (including phenoxy) is 1. The van der Waals surface area contributed by atoms with Crippen LogP contribution in [0.15, 0.2) is 18.2 Å². The van der Waals surface area contributed by atoms with Crippen molar-refractivity contribution in [2.45, 2.75) is 12.5 Å². The molecule has 1 rings (SSSR count). The molecule has 0 amide bonds. The van der Waals surface area contributed by atoms with Gasteiger partial charge in [-0.15, -0.1) is 0 Å². The van der Waals surface area contributed by atoms with Crippen molar-refractivity contribution in [2.24, 2.45) is 5.73 Å². The van der Waals surface area contributed by atoms with E-state index in [9.17, 15) is 4.79 Å². The Bertz CT molecular complexity index is 440. The Morgan fingerprint density at radius 1 is 1.69 bits per heavy atom. The van der Waals surface area contributed by atoms with Crippen LogP contribution in [0, 0.1) is 11.3 Å². The van der Waals surface area contributed by atoms with Crippen LogP contribution in [0.2, 0.25) is 5.02 Å². The zero-order valence-electron chi connectivity index (χ0n) is 8.74. The molecule has 0 heterocycles. The lowest BCUT2D eigenvalue weighted by molar-refractivity contribution is -0.142. The summed E-state index contributed by atoms with van der Waals surface area (Å²) in [5.74, 6) is -0.486. The first kappa shape index (κ1) is 12.5. The van der Waals surface area contributed by atoms with Gasteiger partial charge in [-0.2, -0.15) is 5.26 Å². The van der Waals surface area contributed by atoms with Gasteiger partial charge < -0.3 is 10.5 Å². The number of nitrogens with two attached hydrogens (primary N) is 1. The van der Waals surface area contributed by atoms with Crippen LogP contribution >= 0.6 is 11.6 Å². The van der Waals surface area contributed by atoms with E-state index in [2.05, 4.69) is 4.74 Å². The molecule has 0 bridgehead atoms. The summed E-state index contributed by atoms with van der Waals surface area (Å²) < 4.78 is 4.51. The summed E-state index contributed by atoms with van der Waals surface area (Å²) in [6.45, 7) is 0. The fourth-order valence-corrected chi connectivity index (χ4v) is 1.51. The van der Waals surface area contributed by atoms with Gasteiger partial charge in [0.2, 0.25) is 0 Å². The van der Waals surface area contributed by atoms with Gasteiger partial charge >= 0.3 is 5.97 Å². The predicted molar refractivity (Wildman–Crippen MR) is 59.9 cm³/mol. The monoisotopic (exact) mass is 238 g/mol. The molecule has 0 aliphatic rings. The quantitative estimate of drug-likeness (QED) is 0.805. The Labute approximate surface area is 98.6 Å². The van der Waals surface area contributed by atoms with Gasteiger partial charge in [-0.05, 0) is 24.1 Å². The molecule has 5 heteroatoms. The molecule has 2 N–H and O–H groups in total. The maximum Gasteiger partial charge on any atom is 0.322 e. The number of methoxy groups -OCH3 is 1. The third-order valence-corrected chi connectivity index (χ3v) is 2.48. The van der Waals surface area contributed by atoms with Crippen LogP contribution < -0.4 is 5.73 Å². The SMILES string of the molecule is COC(=O)[C@H](N)Cc1ccc(C#N)cc1Cl. The van der Waals surface area contributed by atoms with Crippen molar-refractivity contribution in [3.05, 3.63) is 34.3 Å². The zero-order valence-corrected chi connectivity index (χ0v) is 9.49. The second kappa shape index (κ2) is 5.50. The van der Waals surface area contributed by atoms with Gasteiger partial charge in [0.1, 0.15) is 6.04 Å². The van der Waals surface area contributed by atoms with Crippen molar-refractivity contribution in [1.29, 1.82) is 5.26 Å². The highest BCUT2D eigenvalue weighted by Gasteiger charge is 2.15. The van der Waals surface area contributed by atoms with Crippen molar-refractivity contribution in [1.82, 2.24) is 0 Å². The molecule has 1 aromatic rings. The van der Waals surface area contributed by atoms with Crippen molar-refractivity contribution >= 4 is 17.6 Å². The first-order valence-electron chi connectivity index (χ1n) is 4.60. The van der Waals surface area contributed by atoms with E-state index < -0.39 is 12.0 Å². The summed E-state index contributed by atoms with van der Waals surface area (Å²) in [5, 5.41) is 9.08. The highest BCUT2D eigenvalue weighted by atomic mass is 35.5. The molecule has 0 saturated heterocycles. The Kier molecular flexibility index (Phi) is 4.29. The van der Waals surface area contributed by atoms with Gasteiger partial charge in [0.25, 0.3) is 0 Å².